The molecule has 26 heavy (non-hydrogen) atoms. The molecule has 3 aromatic rings. The molecule has 0 amide bonds. The van der Waals surface area contributed by atoms with E-state index in [9.17, 15) is 0 Å². The molecule has 1 heterocycles. The standard InChI is InChI=1S/C19H19BrN4OS/c1-2-5-18-22-23-19(26)24(18)21-12-15-6-3-4-7-17(15)25-13-14-8-10-16(20)11-9-14/h3-4,6-12H,2,5,13H2,1H3,(H,23,26)/b21-12+. The summed E-state index contributed by atoms with van der Waals surface area (Å²) in [6.45, 7) is 2.58. The van der Waals surface area contributed by atoms with Crippen LogP contribution in [0.2, 0.25) is 0 Å². The minimum atomic E-state index is 0.484. The molecule has 134 valence electrons. The smallest absolute Gasteiger partial charge is 0.216 e. The van der Waals surface area contributed by atoms with Gasteiger partial charge in [0.25, 0.3) is 0 Å². The van der Waals surface area contributed by atoms with Gasteiger partial charge in [-0.15, -0.1) is 0 Å². The number of para-hydroxylation sites is 1. The first-order chi connectivity index (χ1) is 12.7. The molecule has 0 saturated carbocycles. The van der Waals surface area contributed by atoms with Gasteiger partial charge in [0.05, 0.1) is 6.21 Å². The van der Waals surface area contributed by atoms with Crippen molar-refractivity contribution >= 4 is 34.4 Å². The Labute approximate surface area is 165 Å². The first kappa shape index (κ1) is 18.5. The Morgan fingerprint density at radius 1 is 1.23 bits per heavy atom. The van der Waals surface area contributed by atoms with Crippen LogP contribution < -0.4 is 4.74 Å². The maximum absolute atomic E-state index is 5.98. The summed E-state index contributed by atoms with van der Waals surface area (Å²) in [6, 6.07) is 15.9. The Hall–Kier alpha value is -2.25. The van der Waals surface area contributed by atoms with Crippen LogP contribution in [0.3, 0.4) is 0 Å². The van der Waals surface area contributed by atoms with Crippen molar-refractivity contribution in [1.82, 2.24) is 14.9 Å². The normalized spacial score (nSPS) is 11.2. The summed E-state index contributed by atoms with van der Waals surface area (Å²) < 4.78 is 9.17. The second kappa shape index (κ2) is 8.91. The van der Waals surface area contributed by atoms with Crippen molar-refractivity contribution in [3.63, 3.8) is 0 Å². The zero-order chi connectivity index (χ0) is 18.4. The first-order valence-electron chi connectivity index (χ1n) is 8.34. The Morgan fingerprint density at radius 2 is 2.00 bits per heavy atom. The van der Waals surface area contributed by atoms with Gasteiger partial charge in [-0.3, -0.25) is 5.10 Å². The zero-order valence-corrected chi connectivity index (χ0v) is 16.8. The second-order valence-corrected chi connectivity index (χ2v) is 7.01. The number of aryl methyl sites for hydroxylation is 1. The molecule has 0 fully saturated rings. The molecule has 1 N–H and O–H groups in total. The molecule has 0 aliphatic rings. The zero-order valence-electron chi connectivity index (χ0n) is 14.4. The number of halogens is 1. The Bertz CT molecular complexity index is 947. The van der Waals surface area contributed by atoms with Crippen molar-refractivity contribution in [3.8, 4) is 5.75 Å². The number of benzene rings is 2. The van der Waals surface area contributed by atoms with Crippen LogP contribution in [0.15, 0.2) is 58.1 Å². The molecule has 3 rings (SSSR count). The van der Waals surface area contributed by atoms with Crippen LogP contribution in [0.5, 0.6) is 5.75 Å². The summed E-state index contributed by atoms with van der Waals surface area (Å²) in [5.74, 6) is 1.59. The van der Waals surface area contributed by atoms with Crippen molar-refractivity contribution in [1.29, 1.82) is 0 Å². The molecule has 0 unspecified atom stereocenters. The van der Waals surface area contributed by atoms with E-state index in [1.54, 1.807) is 10.9 Å². The van der Waals surface area contributed by atoms with Crippen molar-refractivity contribution < 1.29 is 4.74 Å². The van der Waals surface area contributed by atoms with Crippen molar-refractivity contribution in [3.05, 3.63) is 74.7 Å². The third-order valence-electron chi connectivity index (χ3n) is 3.73. The predicted octanol–water partition coefficient (Wildman–Crippen LogP) is 5.12. The molecule has 0 radical (unpaired) electrons. The Kier molecular flexibility index (Phi) is 6.35. The van der Waals surface area contributed by atoms with Gasteiger partial charge in [0.2, 0.25) is 4.77 Å². The Morgan fingerprint density at radius 3 is 2.77 bits per heavy atom. The molecular weight excluding hydrogens is 412 g/mol. The van der Waals surface area contributed by atoms with E-state index in [0.29, 0.717) is 11.4 Å². The number of rotatable bonds is 7. The summed E-state index contributed by atoms with van der Waals surface area (Å²) in [6.07, 6.45) is 3.54. The van der Waals surface area contributed by atoms with Crippen LogP contribution in [-0.2, 0) is 13.0 Å². The van der Waals surface area contributed by atoms with Gasteiger partial charge in [-0.2, -0.15) is 14.9 Å². The van der Waals surface area contributed by atoms with E-state index >= 15 is 0 Å². The maximum atomic E-state index is 5.98. The lowest BCUT2D eigenvalue weighted by Gasteiger charge is -2.09. The molecule has 0 atom stereocenters. The fourth-order valence-electron chi connectivity index (χ4n) is 2.41. The summed E-state index contributed by atoms with van der Waals surface area (Å²) in [5.41, 5.74) is 1.98. The van der Waals surface area contributed by atoms with Crippen LogP contribution in [0, 0.1) is 4.77 Å². The SMILES string of the molecule is CCCc1n[nH]c(=S)n1/N=C/c1ccccc1OCc1ccc(Br)cc1. The van der Waals surface area contributed by atoms with E-state index in [0.717, 1.165) is 40.0 Å². The third-order valence-corrected chi connectivity index (χ3v) is 4.52. The summed E-state index contributed by atoms with van der Waals surface area (Å²) in [5, 5.41) is 11.5. The van der Waals surface area contributed by atoms with Crippen LogP contribution in [0.25, 0.3) is 0 Å². The van der Waals surface area contributed by atoms with Gasteiger partial charge in [-0.05, 0) is 48.5 Å². The molecule has 1 aromatic heterocycles. The minimum Gasteiger partial charge on any atom is -0.488 e. The average molecular weight is 431 g/mol. The molecule has 0 aliphatic carbocycles. The number of H-pyrrole nitrogens is 1. The largest absolute Gasteiger partial charge is 0.488 e. The summed E-state index contributed by atoms with van der Waals surface area (Å²) in [7, 11) is 0. The summed E-state index contributed by atoms with van der Waals surface area (Å²) in [4.78, 5) is 0. The number of nitrogens with one attached hydrogen (secondary N) is 1. The van der Waals surface area contributed by atoms with Crippen LogP contribution in [0.4, 0.5) is 0 Å². The van der Waals surface area contributed by atoms with Gasteiger partial charge in [0.15, 0.2) is 5.82 Å². The van der Waals surface area contributed by atoms with Gasteiger partial charge in [-0.1, -0.05) is 47.1 Å². The van der Waals surface area contributed by atoms with Crippen molar-refractivity contribution in [2.45, 2.75) is 26.4 Å². The number of ether oxygens (including phenoxy) is 1. The van der Waals surface area contributed by atoms with E-state index in [4.69, 9.17) is 17.0 Å². The molecule has 0 bridgehead atoms. The lowest BCUT2D eigenvalue weighted by atomic mass is 10.2. The van der Waals surface area contributed by atoms with Gasteiger partial charge >= 0.3 is 0 Å². The highest BCUT2D eigenvalue weighted by molar-refractivity contribution is 9.10. The number of hydrogen-bond donors (Lipinski definition) is 1. The molecule has 0 aliphatic heterocycles. The second-order valence-electron chi connectivity index (χ2n) is 5.70. The quantitative estimate of drug-likeness (QED) is 0.418. The highest BCUT2D eigenvalue weighted by atomic mass is 79.9. The molecule has 7 heteroatoms. The number of aromatic nitrogens is 3. The average Bonchev–Trinajstić information content (AvgIpc) is 3.00. The van der Waals surface area contributed by atoms with Crippen molar-refractivity contribution in [2.75, 3.05) is 0 Å². The molecule has 0 spiro atoms. The molecular formula is C19H19BrN4OS. The third kappa shape index (κ3) is 4.68. The summed E-state index contributed by atoms with van der Waals surface area (Å²) >= 11 is 8.70. The van der Waals surface area contributed by atoms with Crippen molar-refractivity contribution in [2.24, 2.45) is 5.10 Å². The lowest BCUT2D eigenvalue weighted by Crippen LogP contribution is -2.01. The van der Waals surface area contributed by atoms with Crippen LogP contribution in [0.1, 0.15) is 30.3 Å². The number of nitrogens with zero attached hydrogens (tertiary/aromatic N) is 3. The Balaban J connectivity index is 1.78. The van der Waals surface area contributed by atoms with E-state index in [-0.39, 0.29) is 0 Å². The van der Waals surface area contributed by atoms with E-state index in [1.165, 1.54) is 0 Å². The lowest BCUT2D eigenvalue weighted by molar-refractivity contribution is 0.306. The van der Waals surface area contributed by atoms with Gasteiger partial charge in [-0.25, -0.2) is 0 Å². The van der Waals surface area contributed by atoms with Crippen LogP contribution >= 0.6 is 28.1 Å². The molecule has 2 aromatic carbocycles. The predicted molar refractivity (Wildman–Crippen MR) is 109 cm³/mol. The first-order valence-corrected chi connectivity index (χ1v) is 9.54. The molecule has 0 saturated heterocycles. The molecule has 5 nitrogen and oxygen atoms in total. The fraction of sp³-hybridized carbons (Fsp3) is 0.211. The van der Waals surface area contributed by atoms with Gasteiger partial charge in [0.1, 0.15) is 12.4 Å². The minimum absolute atomic E-state index is 0.484. The van der Waals surface area contributed by atoms with E-state index in [2.05, 4.69) is 38.2 Å². The fourth-order valence-corrected chi connectivity index (χ4v) is 2.87. The highest BCUT2D eigenvalue weighted by Gasteiger charge is 2.05. The number of aromatic amines is 1. The topological polar surface area (TPSA) is 55.2 Å². The number of hydrogen-bond acceptors (Lipinski definition) is 4. The van der Waals surface area contributed by atoms with Gasteiger partial charge in [0, 0.05) is 16.5 Å². The monoisotopic (exact) mass is 430 g/mol. The van der Waals surface area contributed by atoms with E-state index in [1.807, 2.05) is 48.5 Å². The highest BCUT2D eigenvalue weighted by Crippen LogP contribution is 2.19. The maximum Gasteiger partial charge on any atom is 0.216 e. The van der Waals surface area contributed by atoms with Gasteiger partial charge < -0.3 is 4.74 Å². The van der Waals surface area contributed by atoms with Crippen LogP contribution in [-0.4, -0.2) is 21.1 Å². The van der Waals surface area contributed by atoms with E-state index < -0.39 is 0 Å².